The fourth-order valence-corrected chi connectivity index (χ4v) is 4.22. The average molecular weight is 380 g/mol. The Kier molecular flexibility index (Phi) is 5.59. The number of morpholine rings is 1. The van der Waals surface area contributed by atoms with E-state index >= 15 is 0 Å². The molecular weight excluding hydrogens is 350 g/mol. The predicted octanol–water partition coefficient (Wildman–Crippen LogP) is 3.39. The SMILES string of the molecule is CC(C)N1CC2(CCN(CCc3cc(F)ccc3F)CC2)OC(C)(C)C1=O. The summed E-state index contributed by atoms with van der Waals surface area (Å²) in [7, 11) is 0. The Balaban J connectivity index is 1.61. The molecule has 0 aliphatic carbocycles. The fraction of sp³-hybridized carbons (Fsp3) is 0.667. The van der Waals surface area contributed by atoms with Gasteiger partial charge in [-0.15, -0.1) is 0 Å². The molecular formula is C21H30F2N2O2. The average Bonchev–Trinajstić information content (AvgIpc) is 2.60. The first kappa shape index (κ1) is 20.2. The van der Waals surface area contributed by atoms with Crippen LogP contribution in [0.1, 0.15) is 46.1 Å². The number of nitrogens with zero attached hydrogens (tertiary/aromatic N) is 2. The fourth-order valence-electron chi connectivity index (χ4n) is 4.22. The molecule has 6 heteroatoms. The molecule has 2 fully saturated rings. The summed E-state index contributed by atoms with van der Waals surface area (Å²) in [4.78, 5) is 16.8. The van der Waals surface area contributed by atoms with E-state index in [1.165, 1.54) is 12.1 Å². The molecule has 150 valence electrons. The van der Waals surface area contributed by atoms with Crippen LogP contribution in [0.2, 0.25) is 0 Å². The van der Waals surface area contributed by atoms with E-state index in [0.717, 1.165) is 32.0 Å². The van der Waals surface area contributed by atoms with Gasteiger partial charge in [0.25, 0.3) is 5.91 Å². The Morgan fingerprint density at radius 3 is 2.48 bits per heavy atom. The minimum Gasteiger partial charge on any atom is -0.357 e. The summed E-state index contributed by atoms with van der Waals surface area (Å²) < 4.78 is 33.4. The van der Waals surface area contributed by atoms with E-state index in [0.29, 0.717) is 25.1 Å². The number of benzene rings is 1. The molecule has 4 nitrogen and oxygen atoms in total. The van der Waals surface area contributed by atoms with Gasteiger partial charge in [-0.3, -0.25) is 4.79 Å². The second kappa shape index (κ2) is 7.47. The van der Waals surface area contributed by atoms with Crippen molar-refractivity contribution < 1.29 is 18.3 Å². The first-order chi connectivity index (χ1) is 12.6. The molecule has 1 spiro atoms. The normalized spacial score (nSPS) is 22.6. The molecule has 27 heavy (non-hydrogen) atoms. The van der Waals surface area contributed by atoms with E-state index in [-0.39, 0.29) is 23.4 Å². The molecule has 3 rings (SSSR count). The van der Waals surface area contributed by atoms with E-state index < -0.39 is 11.4 Å². The van der Waals surface area contributed by atoms with Crippen molar-refractivity contribution in [3.63, 3.8) is 0 Å². The minimum absolute atomic E-state index is 0.0483. The number of amides is 1. The monoisotopic (exact) mass is 380 g/mol. The van der Waals surface area contributed by atoms with Crippen LogP contribution in [0.3, 0.4) is 0 Å². The summed E-state index contributed by atoms with van der Waals surface area (Å²) in [6.45, 7) is 10.7. The Hall–Kier alpha value is -1.53. The van der Waals surface area contributed by atoms with E-state index in [4.69, 9.17) is 4.74 Å². The van der Waals surface area contributed by atoms with Crippen LogP contribution < -0.4 is 0 Å². The minimum atomic E-state index is -0.810. The quantitative estimate of drug-likeness (QED) is 0.803. The van der Waals surface area contributed by atoms with Crippen LogP contribution in [0.25, 0.3) is 0 Å². The molecule has 2 saturated heterocycles. The Bertz CT molecular complexity index is 697. The number of rotatable bonds is 4. The van der Waals surface area contributed by atoms with E-state index in [9.17, 15) is 13.6 Å². The van der Waals surface area contributed by atoms with Crippen LogP contribution in [0, 0.1) is 11.6 Å². The van der Waals surface area contributed by atoms with Gasteiger partial charge in [-0.1, -0.05) is 0 Å². The maximum Gasteiger partial charge on any atom is 0.254 e. The molecule has 2 aliphatic rings. The van der Waals surface area contributed by atoms with Crippen LogP contribution in [0.5, 0.6) is 0 Å². The largest absolute Gasteiger partial charge is 0.357 e. The second-order valence-electron chi connectivity index (χ2n) is 8.65. The Labute approximate surface area is 160 Å². The summed E-state index contributed by atoms with van der Waals surface area (Å²) >= 11 is 0. The van der Waals surface area contributed by atoms with Gasteiger partial charge >= 0.3 is 0 Å². The Morgan fingerprint density at radius 1 is 1.19 bits per heavy atom. The van der Waals surface area contributed by atoms with E-state index in [1.807, 2.05) is 32.6 Å². The number of ether oxygens (including phenoxy) is 1. The molecule has 1 aromatic carbocycles. The van der Waals surface area contributed by atoms with Crippen molar-refractivity contribution in [2.24, 2.45) is 0 Å². The molecule has 0 radical (unpaired) electrons. The molecule has 1 amide bonds. The molecule has 0 aromatic heterocycles. The number of piperidine rings is 1. The number of likely N-dealkylation sites (tertiary alicyclic amines) is 1. The molecule has 0 saturated carbocycles. The van der Waals surface area contributed by atoms with Crippen molar-refractivity contribution in [2.45, 2.75) is 64.2 Å². The summed E-state index contributed by atoms with van der Waals surface area (Å²) in [5.74, 6) is -0.708. The lowest BCUT2D eigenvalue weighted by molar-refractivity contribution is -0.219. The summed E-state index contributed by atoms with van der Waals surface area (Å²) in [6.07, 6.45) is 2.15. The van der Waals surface area contributed by atoms with Gasteiger partial charge in [0.05, 0.1) is 12.1 Å². The van der Waals surface area contributed by atoms with Crippen LogP contribution >= 0.6 is 0 Å². The van der Waals surface area contributed by atoms with Gasteiger partial charge in [-0.2, -0.15) is 0 Å². The van der Waals surface area contributed by atoms with Crippen molar-refractivity contribution >= 4 is 5.91 Å². The van der Waals surface area contributed by atoms with Crippen molar-refractivity contribution in [2.75, 3.05) is 26.2 Å². The topological polar surface area (TPSA) is 32.8 Å². The summed E-state index contributed by atoms with van der Waals surface area (Å²) in [6, 6.07) is 3.75. The maximum atomic E-state index is 13.8. The zero-order valence-corrected chi connectivity index (χ0v) is 16.7. The van der Waals surface area contributed by atoms with Crippen molar-refractivity contribution in [1.29, 1.82) is 0 Å². The lowest BCUT2D eigenvalue weighted by Gasteiger charge is -2.53. The molecule has 0 bridgehead atoms. The summed E-state index contributed by atoms with van der Waals surface area (Å²) in [5.41, 5.74) is -0.709. The molecule has 0 atom stereocenters. The van der Waals surface area contributed by atoms with Crippen LogP contribution in [0.4, 0.5) is 8.78 Å². The van der Waals surface area contributed by atoms with E-state index in [1.54, 1.807) is 0 Å². The number of halogens is 2. The van der Waals surface area contributed by atoms with Crippen molar-refractivity contribution in [3.8, 4) is 0 Å². The first-order valence-electron chi connectivity index (χ1n) is 9.79. The van der Waals surface area contributed by atoms with Gasteiger partial charge in [0.2, 0.25) is 0 Å². The van der Waals surface area contributed by atoms with Crippen LogP contribution in [-0.2, 0) is 16.0 Å². The second-order valence-corrected chi connectivity index (χ2v) is 8.65. The number of hydrogen-bond donors (Lipinski definition) is 0. The highest BCUT2D eigenvalue weighted by molar-refractivity contribution is 5.85. The highest BCUT2D eigenvalue weighted by atomic mass is 19.1. The lowest BCUT2D eigenvalue weighted by atomic mass is 9.85. The van der Waals surface area contributed by atoms with Crippen molar-refractivity contribution in [3.05, 3.63) is 35.4 Å². The molecule has 2 aliphatic heterocycles. The maximum absolute atomic E-state index is 13.8. The number of carbonyl (C=O) groups excluding carboxylic acids is 1. The highest BCUT2D eigenvalue weighted by Crippen LogP contribution is 2.37. The molecule has 0 unspecified atom stereocenters. The van der Waals surface area contributed by atoms with Gasteiger partial charge in [0, 0.05) is 25.7 Å². The van der Waals surface area contributed by atoms with Crippen molar-refractivity contribution in [1.82, 2.24) is 9.80 Å². The standard InChI is InChI=1S/C21H30F2N2O2/c1-15(2)25-14-21(27-20(3,4)19(25)26)8-11-24(12-9-21)10-7-16-13-17(22)5-6-18(16)23/h5-6,13,15H,7-12,14H2,1-4H3. The molecule has 2 heterocycles. The zero-order chi connectivity index (χ0) is 19.8. The van der Waals surface area contributed by atoms with Crippen LogP contribution in [0.15, 0.2) is 18.2 Å². The third-order valence-corrected chi connectivity index (χ3v) is 5.80. The van der Waals surface area contributed by atoms with Gasteiger partial charge < -0.3 is 14.5 Å². The van der Waals surface area contributed by atoms with Crippen LogP contribution in [-0.4, -0.2) is 59.1 Å². The summed E-state index contributed by atoms with van der Waals surface area (Å²) in [5, 5.41) is 0. The van der Waals surface area contributed by atoms with Gasteiger partial charge in [-0.25, -0.2) is 8.78 Å². The first-order valence-corrected chi connectivity index (χ1v) is 9.79. The molecule has 0 N–H and O–H groups in total. The highest BCUT2D eigenvalue weighted by Gasteiger charge is 2.50. The van der Waals surface area contributed by atoms with E-state index in [2.05, 4.69) is 4.90 Å². The number of carbonyl (C=O) groups is 1. The molecule has 1 aromatic rings. The number of hydrogen-bond acceptors (Lipinski definition) is 3. The van der Waals surface area contributed by atoms with Gasteiger partial charge in [0.1, 0.15) is 17.2 Å². The zero-order valence-electron chi connectivity index (χ0n) is 16.7. The Morgan fingerprint density at radius 2 is 1.85 bits per heavy atom. The van der Waals surface area contributed by atoms with Gasteiger partial charge in [0.15, 0.2) is 0 Å². The third kappa shape index (κ3) is 4.32. The predicted molar refractivity (Wildman–Crippen MR) is 100 cm³/mol. The smallest absolute Gasteiger partial charge is 0.254 e. The third-order valence-electron chi connectivity index (χ3n) is 5.80. The lowest BCUT2D eigenvalue weighted by Crippen LogP contribution is -2.66. The van der Waals surface area contributed by atoms with Gasteiger partial charge in [-0.05, 0) is 70.7 Å².